The van der Waals surface area contributed by atoms with Crippen molar-refractivity contribution in [3.63, 3.8) is 0 Å². The molecule has 3 nitrogen and oxygen atoms in total. The van der Waals surface area contributed by atoms with Gasteiger partial charge >= 0.3 is 0 Å². The quantitative estimate of drug-likeness (QED) is 0.182. The monoisotopic (exact) mass is 675 g/mol. The zero-order chi connectivity index (χ0) is 34.6. The number of para-hydroxylation sites is 4. The molecule has 10 aromatic rings. The van der Waals surface area contributed by atoms with Crippen molar-refractivity contribution in [3.8, 4) is 11.4 Å². The fourth-order valence-electron chi connectivity index (χ4n) is 9.78. The summed E-state index contributed by atoms with van der Waals surface area (Å²) >= 11 is 0. The molecule has 3 heteroatoms. The fourth-order valence-corrected chi connectivity index (χ4v) is 9.78. The Hall–Kier alpha value is -6.84. The van der Waals surface area contributed by atoms with Crippen molar-refractivity contribution in [1.82, 2.24) is 9.13 Å². The SMILES string of the molecule is C1=C[C@@H]2[C@H](c3ccccc31)c1c(ccc3c1c1c4cccc(-n5c6ccccc6c6ccccc65)c4ccc1n3-c1ccccc1)N2c1ccccc1. The molecule has 8 aromatic carbocycles. The zero-order valence-electron chi connectivity index (χ0n) is 28.9. The predicted molar refractivity (Wildman–Crippen MR) is 222 cm³/mol. The number of rotatable bonds is 3. The molecule has 1 aliphatic heterocycles. The van der Waals surface area contributed by atoms with Gasteiger partial charge in [-0.3, -0.25) is 0 Å². The van der Waals surface area contributed by atoms with Gasteiger partial charge in [0.2, 0.25) is 0 Å². The molecule has 12 rings (SSSR count). The molecule has 0 radical (unpaired) electrons. The van der Waals surface area contributed by atoms with Crippen molar-refractivity contribution in [3.05, 3.63) is 199 Å². The Labute approximate surface area is 306 Å². The first-order chi connectivity index (χ1) is 26.3. The second kappa shape index (κ2) is 10.8. The average Bonchev–Trinajstić information content (AvgIpc) is 3.87. The van der Waals surface area contributed by atoms with Crippen LogP contribution in [0.3, 0.4) is 0 Å². The van der Waals surface area contributed by atoms with E-state index in [1.165, 1.54) is 93.8 Å². The highest BCUT2D eigenvalue weighted by molar-refractivity contribution is 6.25. The maximum Gasteiger partial charge on any atom is 0.0636 e. The molecule has 0 bridgehead atoms. The lowest BCUT2D eigenvalue weighted by molar-refractivity contribution is 0.727. The van der Waals surface area contributed by atoms with Crippen LogP contribution in [-0.2, 0) is 0 Å². The second-order valence-corrected chi connectivity index (χ2v) is 14.4. The van der Waals surface area contributed by atoms with E-state index in [0.29, 0.717) is 0 Å². The molecular weight excluding hydrogens is 643 g/mol. The van der Waals surface area contributed by atoms with Crippen molar-refractivity contribution in [2.75, 3.05) is 4.90 Å². The minimum absolute atomic E-state index is 0.158. The average molecular weight is 676 g/mol. The smallest absolute Gasteiger partial charge is 0.0636 e. The number of hydrogen-bond acceptors (Lipinski definition) is 1. The van der Waals surface area contributed by atoms with Gasteiger partial charge in [0, 0.05) is 49.9 Å². The summed E-state index contributed by atoms with van der Waals surface area (Å²) in [5.74, 6) is 0.167. The van der Waals surface area contributed by atoms with Crippen molar-refractivity contribution in [2.45, 2.75) is 12.0 Å². The first-order valence-corrected chi connectivity index (χ1v) is 18.5. The van der Waals surface area contributed by atoms with Gasteiger partial charge in [-0.25, -0.2) is 0 Å². The minimum atomic E-state index is 0.158. The Balaban J connectivity index is 1.25. The molecule has 0 saturated heterocycles. The summed E-state index contributed by atoms with van der Waals surface area (Å²) in [6.45, 7) is 0. The zero-order valence-corrected chi connectivity index (χ0v) is 28.9. The van der Waals surface area contributed by atoms with Crippen LogP contribution in [0.1, 0.15) is 22.6 Å². The predicted octanol–water partition coefficient (Wildman–Crippen LogP) is 12.7. The van der Waals surface area contributed by atoms with Crippen molar-refractivity contribution < 1.29 is 0 Å². The lowest BCUT2D eigenvalue weighted by Crippen LogP contribution is -2.30. The normalized spacial score (nSPS) is 16.2. The van der Waals surface area contributed by atoms with Gasteiger partial charge in [0.05, 0.1) is 33.8 Å². The first kappa shape index (κ1) is 28.8. The second-order valence-electron chi connectivity index (χ2n) is 14.4. The maximum atomic E-state index is 2.58. The van der Waals surface area contributed by atoms with Crippen LogP contribution in [0, 0.1) is 0 Å². The van der Waals surface area contributed by atoms with E-state index in [9.17, 15) is 0 Å². The van der Waals surface area contributed by atoms with Crippen LogP contribution in [0.25, 0.3) is 71.8 Å². The van der Waals surface area contributed by atoms with E-state index in [0.717, 1.165) is 0 Å². The minimum Gasteiger partial charge on any atom is -0.333 e. The molecule has 0 unspecified atom stereocenters. The fraction of sp³-hybridized carbons (Fsp3) is 0.0400. The Morgan fingerprint density at radius 1 is 0.377 bits per heavy atom. The molecule has 248 valence electrons. The van der Waals surface area contributed by atoms with E-state index < -0.39 is 0 Å². The van der Waals surface area contributed by atoms with Gasteiger partial charge < -0.3 is 14.0 Å². The van der Waals surface area contributed by atoms with Crippen molar-refractivity contribution >= 4 is 71.8 Å². The number of aromatic nitrogens is 2. The van der Waals surface area contributed by atoms with Gasteiger partial charge in [0.1, 0.15) is 0 Å². The summed E-state index contributed by atoms with van der Waals surface area (Å²) in [6, 6.07) is 65.0. The van der Waals surface area contributed by atoms with Crippen LogP contribution in [0.4, 0.5) is 11.4 Å². The third kappa shape index (κ3) is 3.88. The molecule has 0 amide bonds. The van der Waals surface area contributed by atoms with E-state index in [2.05, 4.69) is 202 Å². The molecule has 1 aliphatic carbocycles. The third-order valence-corrected chi connectivity index (χ3v) is 11.8. The summed E-state index contributed by atoms with van der Waals surface area (Å²) < 4.78 is 4.96. The van der Waals surface area contributed by atoms with Gasteiger partial charge in [-0.15, -0.1) is 0 Å². The highest BCUT2D eigenvalue weighted by Gasteiger charge is 2.43. The topological polar surface area (TPSA) is 13.1 Å². The molecule has 0 spiro atoms. The van der Waals surface area contributed by atoms with Gasteiger partial charge in [0.15, 0.2) is 0 Å². The Morgan fingerprint density at radius 2 is 1.00 bits per heavy atom. The van der Waals surface area contributed by atoms with E-state index >= 15 is 0 Å². The van der Waals surface area contributed by atoms with Gasteiger partial charge in [-0.2, -0.15) is 0 Å². The summed E-state index contributed by atoms with van der Waals surface area (Å²) in [4.78, 5) is 2.58. The van der Waals surface area contributed by atoms with Crippen LogP contribution < -0.4 is 4.90 Å². The van der Waals surface area contributed by atoms with Crippen molar-refractivity contribution in [2.24, 2.45) is 0 Å². The standard InChI is InChI=1S/C50H33N3/c1-3-15-33(16-4-1)51-43-28-26-32-14-7-8-19-35(32)47(43)49-45(51)30-31-46-50(49)48-39-22-13-25-42(38(39)27-29-44(48)52(46)34-17-5-2-6-18-34)53-40-23-11-9-20-36(40)37-21-10-12-24-41(37)53/h1-31,43,47H/t43-,47+/m1/s1. The van der Waals surface area contributed by atoms with Gasteiger partial charge in [0.25, 0.3) is 0 Å². The third-order valence-electron chi connectivity index (χ3n) is 11.8. The van der Waals surface area contributed by atoms with E-state index in [-0.39, 0.29) is 12.0 Å². The maximum absolute atomic E-state index is 2.58. The summed E-state index contributed by atoms with van der Waals surface area (Å²) in [5, 5.41) is 7.71. The largest absolute Gasteiger partial charge is 0.333 e. The summed E-state index contributed by atoms with van der Waals surface area (Å²) in [5.41, 5.74) is 13.9. The number of nitrogens with zero attached hydrogens (tertiary/aromatic N) is 3. The molecule has 0 saturated carbocycles. The molecule has 53 heavy (non-hydrogen) atoms. The van der Waals surface area contributed by atoms with Crippen LogP contribution in [0.5, 0.6) is 0 Å². The molecule has 0 fully saturated rings. The van der Waals surface area contributed by atoms with Crippen molar-refractivity contribution in [1.29, 1.82) is 0 Å². The molecule has 2 aromatic heterocycles. The highest BCUT2D eigenvalue weighted by Crippen LogP contribution is 2.56. The van der Waals surface area contributed by atoms with Crippen LogP contribution >= 0.6 is 0 Å². The number of hydrogen-bond donors (Lipinski definition) is 0. The lowest BCUT2D eigenvalue weighted by atomic mass is 9.79. The van der Waals surface area contributed by atoms with Gasteiger partial charge in [-0.05, 0) is 82.7 Å². The molecule has 2 aliphatic rings. The van der Waals surface area contributed by atoms with E-state index in [1.807, 2.05) is 0 Å². The van der Waals surface area contributed by atoms with Gasteiger partial charge in [-0.1, -0.05) is 127 Å². The number of anilines is 2. The van der Waals surface area contributed by atoms with Crippen LogP contribution in [-0.4, -0.2) is 15.2 Å². The first-order valence-electron chi connectivity index (χ1n) is 18.5. The summed E-state index contributed by atoms with van der Waals surface area (Å²) in [7, 11) is 0. The number of fused-ring (bicyclic) bond motifs is 14. The van der Waals surface area contributed by atoms with Crippen LogP contribution in [0.15, 0.2) is 182 Å². The molecule has 0 N–H and O–H groups in total. The Morgan fingerprint density at radius 3 is 1.77 bits per heavy atom. The molecule has 2 atom stereocenters. The van der Waals surface area contributed by atoms with E-state index in [1.54, 1.807) is 0 Å². The van der Waals surface area contributed by atoms with Crippen LogP contribution in [0.2, 0.25) is 0 Å². The number of benzene rings is 8. The Kier molecular flexibility index (Phi) is 5.89. The summed E-state index contributed by atoms with van der Waals surface area (Å²) in [6.07, 6.45) is 4.76. The Bertz CT molecular complexity index is 3080. The van der Waals surface area contributed by atoms with E-state index in [4.69, 9.17) is 0 Å². The lowest BCUT2D eigenvalue weighted by Gasteiger charge is -2.31. The molecular formula is C50H33N3. The molecule has 3 heterocycles. The highest BCUT2D eigenvalue weighted by atomic mass is 15.2.